The summed E-state index contributed by atoms with van der Waals surface area (Å²) >= 11 is 0. The van der Waals surface area contributed by atoms with E-state index >= 15 is 0 Å². The van der Waals surface area contributed by atoms with Crippen molar-refractivity contribution in [3.63, 3.8) is 0 Å². The molecular formula is C13H25N3O. The van der Waals surface area contributed by atoms with Crippen LogP contribution in [0.2, 0.25) is 0 Å². The van der Waals surface area contributed by atoms with Crippen LogP contribution in [0.5, 0.6) is 0 Å². The van der Waals surface area contributed by atoms with Crippen molar-refractivity contribution in [2.75, 3.05) is 27.2 Å². The van der Waals surface area contributed by atoms with Crippen LogP contribution in [0.25, 0.3) is 0 Å². The van der Waals surface area contributed by atoms with Crippen LogP contribution < -0.4 is 5.73 Å². The minimum atomic E-state index is 0.193. The van der Waals surface area contributed by atoms with Crippen LogP contribution >= 0.6 is 0 Å². The maximum atomic E-state index is 12.4. The predicted molar refractivity (Wildman–Crippen MR) is 68.5 cm³/mol. The Morgan fingerprint density at radius 1 is 1.29 bits per heavy atom. The van der Waals surface area contributed by atoms with E-state index in [0.717, 1.165) is 32.4 Å². The van der Waals surface area contributed by atoms with Crippen molar-refractivity contribution in [3.05, 3.63) is 0 Å². The van der Waals surface area contributed by atoms with Gasteiger partial charge in [0, 0.05) is 31.1 Å². The van der Waals surface area contributed by atoms with E-state index < -0.39 is 0 Å². The van der Waals surface area contributed by atoms with Crippen molar-refractivity contribution in [3.8, 4) is 0 Å². The number of nitrogens with zero attached hydrogens (tertiary/aromatic N) is 2. The smallest absolute Gasteiger partial charge is 0.225 e. The molecular weight excluding hydrogens is 214 g/mol. The predicted octanol–water partition coefficient (Wildman–Crippen LogP) is 0.522. The van der Waals surface area contributed by atoms with E-state index in [1.54, 1.807) is 0 Å². The average Bonchev–Trinajstić information content (AvgIpc) is 2.83. The van der Waals surface area contributed by atoms with Crippen LogP contribution in [0.3, 0.4) is 0 Å². The van der Waals surface area contributed by atoms with Crippen LogP contribution in [0.4, 0.5) is 0 Å². The third-order valence-electron chi connectivity index (χ3n) is 4.37. The molecule has 0 aromatic carbocycles. The summed E-state index contributed by atoms with van der Waals surface area (Å²) < 4.78 is 0. The molecule has 2 aliphatic rings. The molecule has 1 aliphatic carbocycles. The number of rotatable bonds is 2. The quantitative estimate of drug-likeness (QED) is 0.764. The lowest BCUT2D eigenvalue weighted by atomic mass is 10.1. The monoisotopic (exact) mass is 239 g/mol. The number of hydrogen-bond donors (Lipinski definition) is 1. The van der Waals surface area contributed by atoms with Gasteiger partial charge in [-0.15, -0.1) is 0 Å². The van der Waals surface area contributed by atoms with Gasteiger partial charge in [-0.3, -0.25) is 4.79 Å². The molecule has 0 radical (unpaired) electrons. The third kappa shape index (κ3) is 2.63. The fourth-order valence-corrected chi connectivity index (χ4v) is 3.30. The van der Waals surface area contributed by atoms with Gasteiger partial charge in [0.2, 0.25) is 5.91 Å². The maximum Gasteiger partial charge on any atom is 0.225 e. The summed E-state index contributed by atoms with van der Waals surface area (Å²) in [6.45, 7) is 4.03. The Morgan fingerprint density at radius 3 is 2.47 bits per heavy atom. The van der Waals surface area contributed by atoms with Crippen LogP contribution in [0, 0.1) is 11.8 Å². The Morgan fingerprint density at radius 2 is 2.00 bits per heavy atom. The van der Waals surface area contributed by atoms with Gasteiger partial charge in [0.25, 0.3) is 0 Å². The zero-order valence-corrected chi connectivity index (χ0v) is 11.2. The van der Waals surface area contributed by atoms with Crippen molar-refractivity contribution in [2.24, 2.45) is 17.6 Å². The van der Waals surface area contributed by atoms with Gasteiger partial charge >= 0.3 is 0 Å². The Bertz CT molecular complexity index is 292. The van der Waals surface area contributed by atoms with Crippen molar-refractivity contribution in [1.82, 2.24) is 9.80 Å². The number of carbonyl (C=O) groups excluding carboxylic acids is 1. The van der Waals surface area contributed by atoms with E-state index in [1.807, 2.05) is 0 Å². The molecule has 17 heavy (non-hydrogen) atoms. The molecule has 2 fully saturated rings. The molecule has 0 aromatic heterocycles. The van der Waals surface area contributed by atoms with Crippen LogP contribution in [-0.4, -0.2) is 55.0 Å². The molecule has 1 aliphatic heterocycles. The van der Waals surface area contributed by atoms with Gasteiger partial charge in [-0.25, -0.2) is 0 Å². The van der Waals surface area contributed by atoms with E-state index in [-0.39, 0.29) is 12.0 Å². The Labute approximate surface area is 104 Å². The summed E-state index contributed by atoms with van der Waals surface area (Å²) in [5.74, 6) is 1.11. The minimum absolute atomic E-state index is 0.193. The molecule has 4 nitrogen and oxygen atoms in total. The second-order valence-electron chi connectivity index (χ2n) is 6.02. The lowest BCUT2D eigenvalue weighted by Gasteiger charge is -2.23. The van der Waals surface area contributed by atoms with Crippen molar-refractivity contribution < 1.29 is 4.79 Å². The highest BCUT2D eigenvalue weighted by atomic mass is 16.2. The molecule has 4 heteroatoms. The van der Waals surface area contributed by atoms with E-state index in [1.165, 1.54) is 0 Å². The Kier molecular flexibility index (Phi) is 3.73. The van der Waals surface area contributed by atoms with Gasteiger partial charge in [-0.05, 0) is 39.3 Å². The fraction of sp³-hybridized carbons (Fsp3) is 0.923. The van der Waals surface area contributed by atoms with E-state index in [0.29, 0.717) is 17.9 Å². The summed E-state index contributed by atoms with van der Waals surface area (Å²) in [4.78, 5) is 16.6. The first-order valence-corrected chi connectivity index (χ1v) is 6.69. The lowest BCUT2D eigenvalue weighted by molar-refractivity contribution is -0.134. The SMILES string of the molecule is CC1CN(C(=O)C2CCC(N)C2)CC1N(C)C. The molecule has 98 valence electrons. The topological polar surface area (TPSA) is 49.6 Å². The first kappa shape index (κ1) is 12.8. The van der Waals surface area contributed by atoms with Gasteiger partial charge in [0.15, 0.2) is 0 Å². The molecule has 1 amide bonds. The second kappa shape index (κ2) is 4.94. The highest BCUT2D eigenvalue weighted by molar-refractivity contribution is 5.79. The Hall–Kier alpha value is -0.610. The van der Waals surface area contributed by atoms with Gasteiger partial charge in [0.1, 0.15) is 0 Å². The first-order chi connectivity index (χ1) is 7.99. The highest BCUT2D eigenvalue weighted by Gasteiger charge is 2.38. The third-order valence-corrected chi connectivity index (χ3v) is 4.37. The number of likely N-dealkylation sites (N-methyl/N-ethyl adjacent to an activating group) is 1. The minimum Gasteiger partial charge on any atom is -0.341 e. The molecule has 0 bridgehead atoms. The number of hydrogen-bond acceptors (Lipinski definition) is 3. The number of amides is 1. The van der Waals surface area contributed by atoms with Gasteiger partial charge in [-0.1, -0.05) is 6.92 Å². The van der Waals surface area contributed by atoms with Crippen LogP contribution in [-0.2, 0) is 4.79 Å². The molecule has 0 aromatic rings. The van der Waals surface area contributed by atoms with E-state index in [9.17, 15) is 4.79 Å². The first-order valence-electron chi connectivity index (χ1n) is 6.69. The molecule has 4 atom stereocenters. The van der Waals surface area contributed by atoms with Crippen molar-refractivity contribution in [2.45, 2.75) is 38.3 Å². The normalized spacial score (nSPS) is 38.1. The number of likely N-dealkylation sites (tertiary alicyclic amines) is 1. The fourth-order valence-electron chi connectivity index (χ4n) is 3.30. The number of nitrogens with two attached hydrogens (primary N) is 1. The molecule has 1 saturated carbocycles. The van der Waals surface area contributed by atoms with E-state index in [2.05, 4.69) is 30.8 Å². The molecule has 4 unspecified atom stereocenters. The average molecular weight is 239 g/mol. The maximum absolute atomic E-state index is 12.4. The molecule has 2 N–H and O–H groups in total. The van der Waals surface area contributed by atoms with Gasteiger partial charge in [-0.2, -0.15) is 0 Å². The summed E-state index contributed by atoms with van der Waals surface area (Å²) in [6.07, 6.45) is 2.88. The van der Waals surface area contributed by atoms with E-state index in [4.69, 9.17) is 5.73 Å². The zero-order chi connectivity index (χ0) is 12.6. The van der Waals surface area contributed by atoms with Crippen molar-refractivity contribution >= 4 is 5.91 Å². The molecule has 1 heterocycles. The standard InChI is InChI=1S/C13H25N3O/c1-9-7-16(8-12(9)15(2)3)13(17)10-4-5-11(14)6-10/h9-12H,4-8,14H2,1-3H3. The largest absolute Gasteiger partial charge is 0.341 e. The van der Waals surface area contributed by atoms with Gasteiger partial charge < -0.3 is 15.5 Å². The van der Waals surface area contributed by atoms with Crippen LogP contribution in [0.15, 0.2) is 0 Å². The second-order valence-corrected chi connectivity index (χ2v) is 6.02. The Balaban J connectivity index is 1.93. The summed E-state index contributed by atoms with van der Waals surface area (Å²) in [7, 11) is 4.20. The number of carbonyl (C=O) groups is 1. The molecule has 0 spiro atoms. The summed E-state index contributed by atoms with van der Waals surface area (Å²) in [5.41, 5.74) is 5.89. The lowest BCUT2D eigenvalue weighted by Crippen LogP contribution is -2.37. The summed E-state index contributed by atoms with van der Waals surface area (Å²) in [5, 5.41) is 0. The van der Waals surface area contributed by atoms with Gasteiger partial charge in [0.05, 0.1) is 0 Å². The van der Waals surface area contributed by atoms with Crippen LogP contribution in [0.1, 0.15) is 26.2 Å². The summed E-state index contributed by atoms with van der Waals surface area (Å²) in [6, 6.07) is 0.752. The molecule has 1 saturated heterocycles. The zero-order valence-electron chi connectivity index (χ0n) is 11.2. The van der Waals surface area contributed by atoms with Crippen molar-refractivity contribution in [1.29, 1.82) is 0 Å². The molecule has 2 rings (SSSR count). The highest BCUT2D eigenvalue weighted by Crippen LogP contribution is 2.29.